The summed E-state index contributed by atoms with van der Waals surface area (Å²) in [6.07, 6.45) is 5.66. The Balaban J connectivity index is 1.84. The van der Waals surface area contributed by atoms with Gasteiger partial charge in [0.25, 0.3) is 0 Å². The first-order valence-corrected chi connectivity index (χ1v) is 7.00. The van der Waals surface area contributed by atoms with Crippen molar-refractivity contribution in [3.05, 3.63) is 22.4 Å². The molecule has 0 bridgehead atoms. The molecule has 16 heavy (non-hydrogen) atoms. The van der Waals surface area contributed by atoms with Crippen LogP contribution in [-0.2, 0) is 11.2 Å². The summed E-state index contributed by atoms with van der Waals surface area (Å²) in [5.41, 5.74) is 6.19. The second-order valence-corrected chi connectivity index (χ2v) is 5.88. The monoisotopic (exact) mass is 239 g/mol. The number of rotatable bonds is 4. The van der Waals surface area contributed by atoms with Crippen LogP contribution in [0.4, 0.5) is 0 Å². The molecule has 0 amide bonds. The Labute approximate surface area is 102 Å². The van der Waals surface area contributed by atoms with Crippen LogP contribution >= 0.6 is 11.3 Å². The predicted molar refractivity (Wildman–Crippen MR) is 68.8 cm³/mol. The molecule has 0 radical (unpaired) electrons. The van der Waals surface area contributed by atoms with Gasteiger partial charge in [0, 0.05) is 17.5 Å². The Morgan fingerprint density at radius 1 is 1.56 bits per heavy atom. The van der Waals surface area contributed by atoms with Crippen LogP contribution in [0.3, 0.4) is 0 Å². The fourth-order valence-electron chi connectivity index (χ4n) is 2.31. The van der Waals surface area contributed by atoms with Gasteiger partial charge in [-0.15, -0.1) is 11.3 Å². The lowest BCUT2D eigenvalue weighted by molar-refractivity contribution is -0.0822. The van der Waals surface area contributed by atoms with Crippen molar-refractivity contribution < 1.29 is 4.74 Å². The van der Waals surface area contributed by atoms with Crippen molar-refractivity contribution in [3.63, 3.8) is 0 Å². The first kappa shape index (κ1) is 12.1. The Kier molecular flexibility index (Phi) is 4.00. The molecule has 0 saturated carbocycles. The smallest absolute Gasteiger partial charge is 0.0804 e. The van der Waals surface area contributed by atoms with Gasteiger partial charge in [0.05, 0.1) is 5.60 Å². The van der Waals surface area contributed by atoms with E-state index in [-0.39, 0.29) is 11.6 Å². The van der Waals surface area contributed by atoms with E-state index in [0.29, 0.717) is 0 Å². The standard InChI is InChI=1S/C13H21NOS/c1-13(8-2-3-9-15-13)12(14)7-6-11-5-4-10-16-11/h4-5,10,12H,2-3,6-9,14H2,1H3. The molecule has 2 unspecified atom stereocenters. The fraction of sp³-hybridized carbons (Fsp3) is 0.692. The summed E-state index contributed by atoms with van der Waals surface area (Å²) in [4.78, 5) is 1.43. The van der Waals surface area contributed by atoms with Gasteiger partial charge in [0.2, 0.25) is 0 Å². The third kappa shape index (κ3) is 2.84. The normalized spacial score (nSPS) is 27.9. The summed E-state index contributed by atoms with van der Waals surface area (Å²) < 4.78 is 5.88. The molecule has 2 rings (SSSR count). The summed E-state index contributed by atoms with van der Waals surface area (Å²) in [6.45, 7) is 3.05. The SMILES string of the molecule is CC1(C(N)CCc2cccs2)CCCCO1. The molecule has 0 aromatic carbocycles. The molecule has 1 aliphatic rings. The van der Waals surface area contributed by atoms with Crippen LogP contribution < -0.4 is 5.73 Å². The average Bonchev–Trinajstić information content (AvgIpc) is 2.79. The molecular weight excluding hydrogens is 218 g/mol. The fourth-order valence-corrected chi connectivity index (χ4v) is 3.03. The summed E-state index contributed by atoms with van der Waals surface area (Å²) in [7, 11) is 0. The second-order valence-electron chi connectivity index (χ2n) is 4.84. The maximum absolute atomic E-state index is 6.28. The number of ether oxygens (including phenoxy) is 1. The number of nitrogens with two attached hydrogens (primary N) is 1. The molecule has 1 aromatic rings. The van der Waals surface area contributed by atoms with Gasteiger partial charge in [0.1, 0.15) is 0 Å². The molecule has 1 aliphatic heterocycles. The van der Waals surface area contributed by atoms with Gasteiger partial charge >= 0.3 is 0 Å². The lowest BCUT2D eigenvalue weighted by Crippen LogP contribution is -2.49. The molecule has 2 N–H and O–H groups in total. The molecule has 1 saturated heterocycles. The molecule has 2 atom stereocenters. The quantitative estimate of drug-likeness (QED) is 0.876. The van der Waals surface area contributed by atoms with Crippen molar-refractivity contribution in [3.8, 4) is 0 Å². The minimum Gasteiger partial charge on any atom is -0.374 e. The first-order chi connectivity index (χ1) is 7.71. The highest BCUT2D eigenvalue weighted by molar-refractivity contribution is 7.09. The zero-order valence-electron chi connectivity index (χ0n) is 9.95. The minimum atomic E-state index is -0.0878. The lowest BCUT2D eigenvalue weighted by Gasteiger charge is -2.38. The van der Waals surface area contributed by atoms with E-state index in [1.54, 1.807) is 0 Å². The number of hydrogen-bond acceptors (Lipinski definition) is 3. The van der Waals surface area contributed by atoms with E-state index in [1.165, 1.54) is 17.7 Å². The van der Waals surface area contributed by atoms with Crippen molar-refractivity contribution in [2.75, 3.05) is 6.61 Å². The highest BCUT2D eigenvalue weighted by Crippen LogP contribution is 2.29. The molecule has 1 aromatic heterocycles. The molecule has 1 fully saturated rings. The maximum Gasteiger partial charge on any atom is 0.0804 e. The zero-order chi connectivity index (χ0) is 11.4. The van der Waals surface area contributed by atoms with Gasteiger partial charge in [0.15, 0.2) is 0 Å². The van der Waals surface area contributed by atoms with Gasteiger partial charge in [-0.25, -0.2) is 0 Å². The molecular formula is C13H21NOS. The lowest BCUT2D eigenvalue weighted by atomic mass is 9.86. The van der Waals surface area contributed by atoms with Crippen LogP contribution in [0.5, 0.6) is 0 Å². The molecule has 2 heterocycles. The van der Waals surface area contributed by atoms with Crippen molar-refractivity contribution in [1.82, 2.24) is 0 Å². The van der Waals surface area contributed by atoms with Crippen LogP contribution in [0.25, 0.3) is 0 Å². The van der Waals surface area contributed by atoms with Crippen LogP contribution in [0.15, 0.2) is 17.5 Å². The third-order valence-corrected chi connectivity index (χ3v) is 4.50. The Morgan fingerprint density at radius 2 is 2.44 bits per heavy atom. The Bertz CT molecular complexity index is 304. The highest BCUT2D eigenvalue weighted by atomic mass is 32.1. The first-order valence-electron chi connectivity index (χ1n) is 6.13. The highest BCUT2D eigenvalue weighted by Gasteiger charge is 2.34. The molecule has 0 aliphatic carbocycles. The summed E-state index contributed by atoms with van der Waals surface area (Å²) in [5, 5.41) is 2.12. The van der Waals surface area contributed by atoms with Gasteiger partial charge in [-0.1, -0.05) is 6.07 Å². The van der Waals surface area contributed by atoms with E-state index in [9.17, 15) is 0 Å². The molecule has 3 heteroatoms. The number of hydrogen-bond donors (Lipinski definition) is 1. The second kappa shape index (κ2) is 5.30. The largest absolute Gasteiger partial charge is 0.374 e. The zero-order valence-corrected chi connectivity index (χ0v) is 10.8. The van der Waals surface area contributed by atoms with E-state index in [2.05, 4.69) is 24.4 Å². The molecule has 2 nitrogen and oxygen atoms in total. The minimum absolute atomic E-state index is 0.0878. The molecule has 0 spiro atoms. The van der Waals surface area contributed by atoms with Crippen molar-refractivity contribution >= 4 is 11.3 Å². The van der Waals surface area contributed by atoms with E-state index in [1.807, 2.05) is 11.3 Å². The average molecular weight is 239 g/mol. The summed E-state index contributed by atoms with van der Waals surface area (Å²) in [6, 6.07) is 4.45. The van der Waals surface area contributed by atoms with Crippen molar-refractivity contribution in [2.24, 2.45) is 5.73 Å². The van der Waals surface area contributed by atoms with Crippen LogP contribution in [0.1, 0.15) is 37.5 Å². The number of thiophene rings is 1. The number of aryl methyl sites for hydroxylation is 1. The van der Waals surface area contributed by atoms with Gasteiger partial charge < -0.3 is 10.5 Å². The van der Waals surface area contributed by atoms with Crippen LogP contribution in [-0.4, -0.2) is 18.2 Å². The van der Waals surface area contributed by atoms with E-state index in [4.69, 9.17) is 10.5 Å². The topological polar surface area (TPSA) is 35.2 Å². The van der Waals surface area contributed by atoms with E-state index in [0.717, 1.165) is 25.9 Å². The van der Waals surface area contributed by atoms with Gasteiger partial charge in [-0.2, -0.15) is 0 Å². The van der Waals surface area contributed by atoms with Crippen LogP contribution in [0, 0.1) is 0 Å². The third-order valence-electron chi connectivity index (χ3n) is 3.57. The van der Waals surface area contributed by atoms with E-state index >= 15 is 0 Å². The maximum atomic E-state index is 6.28. The summed E-state index contributed by atoms with van der Waals surface area (Å²) >= 11 is 1.81. The predicted octanol–water partition coefficient (Wildman–Crippen LogP) is 2.97. The summed E-state index contributed by atoms with van der Waals surface area (Å²) in [5.74, 6) is 0. The van der Waals surface area contributed by atoms with E-state index < -0.39 is 0 Å². The Hall–Kier alpha value is -0.380. The molecule has 90 valence electrons. The van der Waals surface area contributed by atoms with Gasteiger partial charge in [-0.3, -0.25) is 0 Å². The van der Waals surface area contributed by atoms with Crippen molar-refractivity contribution in [1.29, 1.82) is 0 Å². The Morgan fingerprint density at radius 3 is 3.06 bits per heavy atom. The van der Waals surface area contributed by atoms with Gasteiger partial charge in [-0.05, 0) is 50.5 Å². The van der Waals surface area contributed by atoms with Crippen LogP contribution in [0.2, 0.25) is 0 Å². The van der Waals surface area contributed by atoms with Crippen molar-refractivity contribution in [2.45, 2.75) is 50.7 Å².